The second kappa shape index (κ2) is 6.81. The van der Waals surface area contributed by atoms with E-state index in [1.165, 1.54) is 0 Å². The molecule has 0 bridgehead atoms. The Kier molecular flexibility index (Phi) is 4.42. The smallest absolute Gasteiger partial charge is 0.262 e. The van der Waals surface area contributed by atoms with Gasteiger partial charge in [0.25, 0.3) is 11.8 Å². The van der Waals surface area contributed by atoms with Gasteiger partial charge in [-0.05, 0) is 57.5 Å². The van der Waals surface area contributed by atoms with E-state index in [4.69, 9.17) is 0 Å². The highest BCUT2D eigenvalue weighted by molar-refractivity contribution is 6.23. The van der Waals surface area contributed by atoms with Crippen molar-refractivity contribution in [1.29, 1.82) is 0 Å². The number of hydrogen-bond donors (Lipinski definition) is 1. The van der Waals surface area contributed by atoms with Crippen LogP contribution in [0.3, 0.4) is 0 Å². The number of fused-ring (bicyclic) bond motifs is 2. The first-order chi connectivity index (χ1) is 13.8. The summed E-state index contributed by atoms with van der Waals surface area (Å²) in [5, 5.41) is 3.73. The summed E-state index contributed by atoms with van der Waals surface area (Å²) in [5.41, 5.74) is 4.94. The van der Waals surface area contributed by atoms with Gasteiger partial charge in [-0.25, -0.2) is 0 Å². The first-order valence-corrected chi connectivity index (χ1v) is 9.44. The summed E-state index contributed by atoms with van der Waals surface area (Å²) in [7, 11) is 0. The third kappa shape index (κ3) is 3.06. The van der Waals surface area contributed by atoms with Gasteiger partial charge in [-0.1, -0.05) is 23.8 Å². The molecule has 3 aromatic rings. The summed E-state index contributed by atoms with van der Waals surface area (Å²) in [6.45, 7) is 7.39. The molecule has 29 heavy (non-hydrogen) atoms. The van der Waals surface area contributed by atoms with Crippen LogP contribution in [0.15, 0.2) is 42.5 Å². The number of amides is 3. The SMILES string of the molecule is Cc1cc(C)c2nc(C)cc(NC(=O)C(C)N3C(=O)c4ccccc4C3=O)c2c1. The van der Waals surface area contributed by atoms with Crippen LogP contribution in [0.4, 0.5) is 5.69 Å². The number of aromatic nitrogens is 1. The molecule has 6 nitrogen and oxygen atoms in total. The Balaban J connectivity index is 1.67. The highest BCUT2D eigenvalue weighted by Crippen LogP contribution is 2.29. The lowest BCUT2D eigenvalue weighted by Crippen LogP contribution is -2.45. The van der Waals surface area contributed by atoms with Crippen LogP contribution >= 0.6 is 0 Å². The molecule has 1 aliphatic rings. The predicted molar refractivity (Wildman–Crippen MR) is 111 cm³/mol. The fourth-order valence-electron chi connectivity index (χ4n) is 3.83. The van der Waals surface area contributed by atoms with Crippen molar-refractivity contribution in [2.75, 3.05) is 5.32 Å². The van der Waals surface area contributed by atoms with Gasteiger partial charge in [0.1, 0.15) is 6.04 Å². The van der Waals surface area contributed by atoms with Gasteiger partial charge in [-0.3, -0.25) is 24.3 Å². The second-order valence-corrected chi connectivity index (χ2v) is 7.48. The van der Waals surface area contributed by atoms with Gasteiger partial charge in [0.15, 0.2) is 0 Å². The van der Waals surface area contributed by atoms with Gasteiger partial charge in [0.05, 0.1) is 22.3 Å². The zero-order valence-electron chi connectivity index (χ0n) is 16.7. The molecule has 1 aliphatic heterocycles. The molecule has 3 amide bonds. The molecule has 1 N–H and O–H groups in total. The Hall–Kier alpha value is -3.54. The maximum absolute atomic E-state index is 13.0. The topological polar surface area (TPSA) is 79.4 Å². The molecular weight excluding hydrogens is 366 g/mol. The summed E-state index contributed by atoms with van der Waals surface area (Å²) in [4.78, 5) is 43.9. The number of rotatable bonds is 3. The molecule has 2 heterocycles. The van der Waals surface area contributed by atoms with Crippen molar-refractivity contribution in [3.63, 3.8) is 0 Å². The summed E-state index contributed by atoms with van der Waals surface area (Å²) in [6.07, 6.45) is 0. The van der Waals surface area contributed by atoms with E-state index in [1.807, 2.05) is 32.9 Å². The minimum absolute atomic E-state index is 0.327. The average molecular weight is 387 g/mol. The summed E-state index contributed by atoms with van der Waals surface area (Å²) >= 11 is 0. The lowest BCUT2D eigenvalue weighted by atomic mass is 10.0. The van der Waals surface area contributed by atoms with Crippen molar-refractivity contribution < 1.29 is 14.4 Å². The van der Waals surface area contributed by atoms with E-state index >= 15 is 0 Å². The van der Waals surface area contributed by atoms with E-state index in [0.717, 1.165) is 32.6 Å². The first-order valence-electron chi connectivity index (χ1n) is 9.44. The van der Waals surface area contributed by atoms with Gasteiger partial charge in [0, 0.05) is 11.1 Å². The van der Waals surface area contributed by atoms with Crippen LogP contribution in [0, 0.1) is 20.8 Å². The molecule has 1 atom stereocenters. The second-order valence-electron chi connectivity index (χ2n) is 7.48. The number of nitrogens with zero attached hydrogens (tertiary/aromatic N) is 2. The number of hydrogen-bond acceptors (Lipinski definition) is 4. The molecule has 0 saturated heterocycles. The van der Waals surface area contributed by atoms with Crippen molar-refractivity contribution in [2.45, 2.75) is 33.7 Å². The average Bonchev–Trinajstić information content (AvgIpc) is 2.93. The first kappa shape index (κ1) is 18.8. The zero-order chi connectivity index (χ0) is 20.9. The van der Waals surface area contributed by atoms with Crippen molar-refractivity contribution in [2.24, 2.45) is 0 Å². The fourth-order valence-corrected chi connectivity index (χ4v) is 3.83. The third-order valence-electron chi connectivity index (χ3n) is 5.23. The molecule has 4 rings (SSSR count). The Morgan fingerprint density at radius 1 is 1.00 bits per heavy atom. The maximum atomic E-state index is 13.0. The van der Waals surface area contributed by atoms with Gasteiger partial charge in [0.2, 0.25) is 5.91 Å². The van der Waals surface area contributed by atoms with Crippen LogP contribution in [-0.2, 0) is 4.79 Å². The molecule has 2 aromatic carbocycles. The summed E-state index contributed by atoms with van der Waals surface area (Å²) in [6, 6.07) is 11.5. The number of pyridine rings is 1. The van der Waals surface area contributed by atoms with Crippen LogP contribution < -0.4 is 5.32 Å². The monoisotopic (exact) mass is 387 g/mol. The standard InChI is InChI=1S/C23H21N3O3/c1-12-9-13(2)20-18(10-12)19(11-14(3)24-20)25-21(27)15(4)26-22(28)16-7-5-6-8-17(16)23(26)29/h5-11,15H,1-4H3,(H,24,25,27). The fraction of sp³-hybridized carbons (Fsp3) is 0.217. The molecule has 0 radical (unpaired) electrons. The van der Waals surface area contributed by atoms with Crippen LogP contribution in [0.2, 0.25) is 0 Å². The van der Waals surface area contributed by atoms with E-state index < -0.39 is 23.8 Å². The number of carbonyl (C=O) groups is 3. The van der Waals surface area contributed by atoms with Crippen molar-refractivity contribution >= 4 is 34.3 Å². The molecule has 0 aliphatic carbocycles. The normalized spacial score (nSPS) is 14.3. The van der Waals surface area contributed by atoms with E-state index in [0.29, 0.717) is 16.8 Å². The van der Waals surface area contributed by atoms with E-state index in [2.05, 4.69) is 10.3 Å². The minimum Gasteiger partial charge on any atom is -0.324 e. The highest BCUT2D eigenvalue weighted by Gasteiger charge is 2.40. The number of aryl methyl sites for hydroxylation is 3. The Morgan fingerprint density at radius 3 is 2.24 bits per heavy atom. The Morgan fingerprint density at radius 2 is 1.62 bits per heavy atom. The molecule has 6 heteroatoms. The van der Waals surface area contributed by atoms with Crippen molar-refractivity contribution in [3.05, 3.63) is 70.4 Å². The van der Waals surface area contributed by atoms with E-state index in [1.54, 1.807) is 37.3 Å². The minimum atomic E-state index is -0.947. The molecule has 0 saturated carbocycles. The van der Waals surface area contributed by atoms with Gasteiger partial charge in [-0.2, -0.15) is 0 Å². The summed E-state index contributed by atoms with van der Waals surface area (Å²) < 4.78 is 0. The highest BCUT2D eigenvalue weighted by atomic mass is 16.2. The molecular formula is C23H21N3O3. The molecule has 0 fully saturated rings. The van der Waals surface area contributed by atoms with E-state index in [9.17, 15) is 14.4 Å². The van der Waals surface area contributed by atoms with Crippen LogP contribution in [0.5, 0.6) is 0 Å². The van der Waals surface area contributed by atoms with Gasteiger partial charge < -0.3 is 5.32 Å². The molecule has 1 aromatic heterocycles. The molecule has 0 spiro atoms. The quantitative estimate of drug-likeness (QED) is 0.694. The van der Waals surface area contributed by atoms with Crippen LogP contribution in [0.1, 0.15) is 44.5 Å². The largest absolute Gasteiger partial charge is 0.324 e. The van der Waals surface area contributed by atoms with Crippen molar-refractivity contribution in [1.82, 2.24) is 9.88 Å². The van der Waals surface area contributed by atoms with Gasteiger partial charge in [-0.15, -0.1) is 0 Å². The number of nitrogens with one attached hydrogen (secondary N) is 1. The number of carbonyl (C=O) groups excluding carboxylic acids is 3. The Bertz CT molecular complexity index is 1160. The lowest BCUT2D eigenvalue weighted by Gasteiger charge is -2.22. The lowest BCUT2D eigenvalue weighted by molar-refractivity contribution is -0.119. The maximum Gasteiger partial charge on any atom is 0.262 e. The zero-order valence-corrected chi connectivity index (χ0v) is 16.7. The predicted octanol–water partition coefficient (Wildman–Crippen LogP) is 3.78. The number of anilines is 1. The third-order valence-corrected chi connectivity index (χ3v) is 5.23. The van der Waals surface area contributed by atoms with Crippen molar-refractivity contribution in [3.8, 4) is 0 Å². The number of imide groups is 1. The van der Waals surface area contributed by atoms with Crippen LogP contribution in [-0.4, -0.2) is 33.6 Å². The summed E-state index contributed by atoms with van der Waals surface area (Å²) in [5.74, 6) is -1.32. The Labute approximate surface area is 168 Å². The number of benzene rings is 2. The van der Waals surface area contributed by atoms with Crippen LogP contribution in [0.25, 0.3) is 10.9 Å². The van der Waals surface area contributed by atoms with E-state index in [-0.39, 0.29) is 0 Å². The van der Waals surface area contributed by atoms with Gasteiger partial charge >= 0.3 is 0 Å². The molecule has 146 valence electrons. The molecule has 1 unspecified atom stereocenters.